The van der Waals surface area contributed by atoms with Gasteiger partial charge in [-0.15, -0.1) is 0 Å². The Balaban J connectivity index is 1.51. The molecular weight excluding hydrogens is 346 g/mol. The number of piperidine rings is 1. The normalized spacial score (nSPS) is 21.7. The minimum atomic E-state index is -2.36. The van der Waals surface area contributed by atoms with E-state index in [1.54, 1.807) is 6.07 Å². The van der Waals surface area contributed by atoms with E-state index < -0.39 is 5.76 Å². The van der Waals surface area contributed by atoms with Crippen LogP contribution >= 0.6 is 11.8 Å². The van der Waals surface area contributed by atoms with Gasteiger partial charge in [-0.3, -0.25) is 4.90 Å². The number of rotatable bonds is 8. The van der Waals surface area contributed by atoms with Crippen molar-refractivity contribution in [2.75, 3.05) is 32.8 Å². The molecule has 1 aromatic rings. The van der Waals surface area contributed by atoms with Gasteiger partial charge in [-0.2, -0.15) is 8.78 Å². The minimum Gasteiger partial charge on any atom is -0.464 e. The van der Waals surface area contributed by atoms with Crippen LogP contribution in [-0.2, 0) is 17.0 Å². The molecule has 0 atom stereocenters. The molecule has 7 heteroatoms. The van der Waals surface area contributed by atoms with Gasteiger partial charge < -0.3 is 14.5 Å². The highest BCUT2D eigenvalue weighted by molar-refractivity contribution is 7.98. The topological polar surface area (TPSA) is 37.6 Å². The second-order valence-corrected chi connectivity index (χ2v) is 7.91. The lowest BCUT2D eigenvalue weighted by Gasteiger charge is -2.48. The number of furan rings is 1. The fourth-order valence-corrected chi connectivity index (χ4v) is 4.33. The smallest absolute Gasteiger partial charge is 0.284 e. The summed E-state index contributed by atoms with van der Waals surface area (Å²) in [5.74, 6) is -0.721. The first-order valence-electron chi connectivity index (χ1n) is 9.19. The maximum atomic E-state index is 12.2. The molecular formula is C18H28F2N2O2S. The number of hydrogen-bond acceptors (Lipinski definition) is 5. The van der Waals surface area contributed by atoms with Crippen LogP contribution in [0.15, 0.2) is 16.5 Å². The molecule has 142 valence electrons. The fraction of sp³-hybridized carbons (Fsp3) is 0.778. The number of nitrogens with one attached hydrogen (secondary N) is 1. The molecule has 0 saturated carbocycles. The van der Waals surface area contributed by atoms with Gasteiger partial charge in [-0.05, 0) is 50.9 Å². The van der Waals surface area contributed by atoms with Crippen LogP contribution in [0.2, 0.25) is 0 Å². The molecule has 4 nitrogen and oxygen atoms in total. The van der Waals surface area contributed by atoms with E-state index >= 15 is 0 Å². The first kappa shape index (κ1) is 19.1. The van der Waals surface area contributed by atoms with Gasteiger partial charge in [0, 0.05) is 25.3 Å². The zero-order chi connectivity index (χ0) is 17.5. The van der Waals surface area contributed by atoms with Crippen molar-refractivity contribution in [1.29, 1.82) is 0 Å². The van der Waals surface area contributed by atoms with Crippen molar-refractivity contribution in [1.82, 2.24) is 10.2 Å². The van der Waals surface area contributed by atoms with Crippen LogP contribution in [0.4, 0.5) is 8.78 Å². The van der Waals surface area contributed by atoms with Crippen LogP contribution in [0.1, 0.15) is 43.6 Å². The van der Waals surface area contributed by atoms with Crippen molar-refractivity contribution in [3.8, 4) is 0 Å². The van der Waals surface area contributed by atoms with Crippen molar-refractivity contribution in [2.45, 2.75) is 55.7 Å². The summed E-state index contributed by atoms with van der Waals surface area (Å²) in [6.07, 6.45) is 6.03. The third-order valence-electron chi connectivity index (χ3n) is 5.27. The molecule has 0 radical (unpaired) electrons. The molecule has 2 aliphatic rings. The number of hydrogen-bond donors (Lipinski definition) is 1. The zero-order valence-corrected chi connectivity index (χ0v) is 15.5. The molecule has 0 amide bonds. The number of halogens is 2. The van der Waals surface area contributed by atoms with E-state index in [-0.39, 0.29) is 11.3 Å². The van der Waals surface area contributed by atoms with Crippen LogP contribution in [-0.4, -0.2) is 49.0 Å². The molecule has 3 heterocycles. The Morgan fingerprint density at radius 2 is 1.84 bits per heavy atom. The highest BCUT2D eigenvalue weighted by Gasteiger charge is 2.38. The van der Waals surface area contributed by atoms with Gasteiger partial charge in [0.1, 0.15) is 11.5 Å². The fourth-order valence-electron chi connectivity index (χ4n) is 3.88. The Hall–Kier alpha value is -0.630. The van der Waals surface area contributed by atoms with E-state index in [1.807, 2.05) is 6.07 Å². The van der Waals surface area contributed by atoms with Gasteiger partial charge in [0.15, 0.2) is 0 Å². The van der Waals surface area contributed by atoms with Crippen LogP contribution in [0.25, 0.3) is 0 Å². The Bertz CT molecular complexity index is 515. The predicted molar refractivity (Wildman–Crippen MR) is 95.9 cm³/mol. The molecule has 2 aliphatic heterocycles. The largest absolute Gasteiger partial charge is 0.464 e. The molecule has 3 rings (SSSR count). The Morgan fingerprint density at radius 3 is 2.56 bits per heavy atom. The summed E-state index contributed by atoms with van der Waals surface area (Å²) in [7, 11) is 0. The third kappa shape index (κ3) is 5.42. The highest BCUT2D eigenvalue weighted by Crippen LogP contribution is 2.30. The lowest BCUT2D eigenvalue weighted by molar-refractivity contribution is -0.0359. The van der Waals surface area contributed by atoms with Crippen molar-refractivity contribution in [3.63, 3.8) is 0 Å². The molecule has 2 saturated heterocycles. The van der Waals surface area contributed by atoms with Crippen LogP contribution < -0.4 is 5.32 Å². The van der Waals surface area contributed by atoms with Crippen LogP contribution in [0, 0.1) is 0 Å². The number of alkyl halides is 2. The summed E-state index contributed by atoms with van der Waals surface area (Å²) in [5, 5.41) is 3.54. The SMILES string of the molecule is FC(F)SCc1ccc(CNCC2(N3CCCCC3)CCOCC2)o1. The lowest BCUT2D eigenvalue weighted by atomic mass is 9.86. The van der Waals surface area contributed by atoms with E-state index in [2.05, 4.69) is 10.2 Å². The van der Waals surface area contributed by atoms with Gasteiger partial charge in [0.2, 0.25) is 0 Å². The van der Waals surface area contributed by atoms with Gasteiger partial charge in [-0.1, -0.05) is 18.2 Å². The molecule has 0 bridgehead atoms. The van der Waals surface area contributed by atoms with E-state index in [9.17, 15) is 8.78 Å². The Morgan fingerprint density at radius 1 is 1.12 bits per heavy atom. The maximum Gasteiger partial charge on any atom is 0.284 e. The van der Waals surface area contributed by atoms with Crippen molar-refractivity contribution >= 4 is 11.8 Å². The molecule has 0 aromatic carbocycles. The van der Waals surface area contributed by atoms with E-state index in [0.29, 0.717) is 24.1 Å². The predicted octanol–water partition coefficient (Wildman–Crippen LogP) is 3.86. The Labute approximate surface area is 152 Å². The highest BCUT2D eigenvalue weighted by atomic mass is 32.2. The average molecular weight is 374 g/mol. The maximum absolute atomic E-state index is 12.2. The van der Waals surface area contributed by atoms with Gasteiger partial charge in [0.05, 0.1) is 12.3 Å². The van der Waals surface area contributed by atoms with E-state index in [4.69, 9.17) is 9.15 Å². The van der Waals surface area contributed by atoms with Gasteiger partial charge >= 0.3 is 0 Å². The van der Waals surface area contributed by atoms with E-state index in [1.165, 1.54) is 32.4 Å². The van der Waals surface area contributed by atoms with Gasteiger partial charge in [-0.25, -0.2) is 0 Å². The first-order valence-corrected chi connectivity index (χ1v) is 10.2. The summed E-state index contributed by atoms with van der Waals surface area (Å²) in [6.45, 7) is 5.56. The average Bonchev–Trinajstić information content (AvgIpc) is 3.09. The number of nitrogens with zero attached hydrogens (tertiary/aromatic N) is 1. The third-order valence-corrected chi connectivity index (χ3v) is 5.98. The van der Waals surface area contributed by atoms with Crippen LogP contribution in [0.3, 0.4) is 0 Å². The minimum absolute atomic E-state index is 0.180. The molecule has 0 spiro atoms. The van der Waals surface area contributed by atoms with Crippen LogP contribution in [0.5, 0.6) is 0 Å². The summed E-state index contributed by atoms with van der Waals surface area (Å²) >= 11 is 0.594. The molecule has 0 unspecified atom stereocenters. The number of thioether (sulfide) groups is 1. The summed E-state index contributed by atoms with van der Waals surface area (Å²) in [5.41, 5.74) is 0.180. The summed E-state index contributed by atoms with van der Waals surface area (Å²) in [4.78, 5) is 2.65. The summed E-state index contributed by atoms with van der Waals surface area (Å²) < 4.78 is 35.7. The lowest BCUT2D eigenvalue weighted by Crippen LogP contribution is -2.59. The van der Waals surface area contributed by atoms with Crippen molar-refractivity contribution in [3.05, 3.63) is 23.7 Å². The second kappa shape index (κ2) is 9.35. The molecule has 25 heavy (non-hydrogen) atoms. The zero-order valence-electron chi connectivity index (χ0n) is 14.6. The Kier molecular flexibility index (Phi) is 7.16. The van der Waals surface area contributed by atoms with E-state index in [0.717, 1.165) is 38.4 Å². The number of likely N-dealkylation sites (tertiary alicyclic amines) is 1. The molecule has 1 N–H and O–H groups in total. The standard InChI is InChI=1S/C18H28F2N2O2S/c19-17(20)25-13-16-5-4-15(24-16)12-21-14-18(6-10-23-11-7-18)22-8-2-1-3-9-22/h4-5,17,21H,1-3,6-14H2. The second-order valence-electron chi connectivity index (χ2n) is 6.93. The quantitative estimate of drug-likeness (QED) is 0.748. The summed E-state index contributed by atoms with van der Waals surface area (Å²) in [6, 6.07) is 3.67. The molecule has 0 aliphatic carbocycles. The first-order chi connectivity index (χ1) is 12.2. The van der Waals surface area contributed by atoms with Crippen molar-refractivity contribution in [2.24, 2.45) is 0 Å². The monoisotopic (exact) mass is 374 g/mol. The molecule has 1 aromatic heterocycles. The van der Waals surface area contributed by atoms with Gasteiger partial charge in [0.25, 0.3) is 5.76 Å². The van der Waals surface area contributed by atoms with Crippen molar-refractivity contribution < 1.29 is 17.9 Å². The number of ether oxygens (including phenoxy) is 1. The molecule has 2 fully saturated rings.